The average molecular weight is 232 g/mol. The Hall–Kier alpha value is -2.06. The quantitative estimate of drug-likeness (QED) is 0.607. The van der Waals surface area contributed by atoms with Crippen LogP contribution in [0.15, 0.2) is 12.1 Å². The van der Waals surface area contributed by atoms with Gasteiger partial charge in [0.25, 0.3) is 0 Å². The number of nitriles is 1. The van der Waals surface area contributed by atoms with E-state index in [-0.39, 0.29) is 0 Å². The molecule has 1 aliphatic heterocycles. The number of benzene rings is 1. The highest BCUT2D eigenvalue weighted by molar-refractivity contribution is 5.69. The third-order valence-electron chi connectivity index (χ3n) is 2.68. The SMILES string of the molecule is COc1c([N+]2=CCOCC2)ccc(N)c1C#N. The fraction of sp³-hybridized carbons (Fsp3) is 0.333. The first kappa shape index (κ1) is 11.4. The third kappa shape index (κ3) is 2.08. The molecule has 0 unspecified atom stereocenters. The van der Waals surface area contributed by atoms with Crippen LogP contribution in [-0.4, -0.2) is 37.7 Å². The van der Waals surface area contributed by atoms with E-state index in [1.165, 1.54) is 0 Å². The molecule has 1 aliphatic rings. The lowest BCUT2D eigenvalue weighted by atomic mass is 10.1. The van der Waals surface area contributed by atoms with Gasteiger partial charge < -0.3 is 15.2 Å². The molecule has 2 rings (SSSR count). The van der Waals surface area contributed by atoms with Gasteiger partial charge in [0.1, 0.15) is 24.8 Å². The van der Waals surface area contributed by atoms with E-state index in [4.69, 9.17) is 20.5 Å². The molecular weight excluding hydrogens is 218 g/mol. The summed E-state index contributed by atoms with van der Waals surface area (Å²) in [5.41, 5.74) is 7.41. The minimum Gasteiger partial charge on any atom is -0.489 e. The first-order valence-corrected chi connectivity index (χ1v) is 5.32. The van der Waals surface area contributed by atoms with Crippen LogP contribution >= 0.6 is 0 Å². The second-order valence-electron chi connectivity index (χ2n) is 3.64. The van der Waals surface area contributed by atoms with Crippen molar-refractivity contribution < 1.29 is 14.0 Å². The molecule has 0 bridgehead atoms. The molecule has 0 saturated carbocycles. The highest BCUT2D eigenvalue weighted by Crippen LogP contribution is 2.34. The van der Waals surface area contributed by atoms with Crippen LogP contribution in [0.25, 0.3) is 0 Å². The molecule has 17 heavy (non-hydrogen) atoms. The number of methoxy groups -OCH3 is 1. The van der Waals surface area contributed by atoms with Gasteiger partial charge in [0.15, 0.2) is 12.8 Å². The summed E-state index contributed by atoms with van der Waals surface area (Å²) < 4.78 is 12.6. The van der Waals surface area contributed by atoms with E-state index in [2.05, 4.69) is 6.07 Å². The molecule has 0 spiro atoms. The predicted octanol–water partition coefficient (Wildman–Crippen LogP) is 0.894. The van der Waals surface area contributed by atoms with E-state index in [1.54, 1.807) is 13.2 Å². The minimum atomic E-state index is 0.380. The van der Waals surface area contributed by atoms with Crippen LogP contribution in [0.3, 0.4) is 0 Å². The lowest BCUT2D eigenvalue weighted by Gasteiger charge is -2.12. The van der Waals surface area contributed by atoms with Gasteiger partial charge >= 0.3 is 0 Å². The van der Waals surface area contributed by atoms with Crippen molar-refractivity contribution in [3.63, 3.8) is 0 Å². The summed E-state index contributed by atoms with van der Waals surface area (Å²) in [5.74, 6) is 0.519. The number of hydrogen-bond donors (Lipinski definition) is 1. The van der Waals surface area contributed by atoms with Gasteiger partial charge in [-0.15, -0.1) is 0 Å². The number of rotatable bonds is 2. The Morgan fingerprint density at radius 1 is 1.53 bits per heavy atom. The zero-order valence-corrected chi connectivity index (χ0v) is 9.64. The molecule has 0 fully saturated rings. The smallest absolute Gasteiger partial charge is 0.249 e. The van der Waals surface area contributed by atoms with E-state index in [0.29, 0.717) is 30.2 Å². The molecule has 5 nitrogen and oxygen atoms in total. The fourth-order valence-corrected chi connectivity index (χ4v) is 1.83. The summed E-state index contributed by atoms with van der Waals surface area (Å²) in [6.07, 6.45) is 1.93. The highest BCUT2D eigenvalue weighted by atomic mass is 16.5. The average Bonchev–Trinajstić information content (AvgIpc) is 2.39. The van der Waals surface area contributed by atoms with Gasteiger partial charge in [-0.1, -0.05) is 0 Å². The molecule has 0 aliphatic carbocycles. The summed E-state index contributed by atoms with van der Waals surface area (Å²) >= 11 is 0. The van der Waals surface area contributed by atoms with E-state index in [0.717, 1.165) is 12.2 Å². The molecule has 1 heterocycles. The third-order valence-corrected chi connectivity index (χ3v) is 2.68. The zero-order valence-electron chi connectivity index (χ0n) is 9.64. The van der Waals surface area contributed by atoms with Crippen molar-refractivity contribution in [3.8, 4) is 11.8 Å². The van der Waals surface area contributed by atoms with Gasteiger partial charge in [0.2, 0.25) is 11.4 Å². The van der Waals surface area contributed by atoms with Crippen molar-refractivity contribution in [1.82, 2.24) is 0 Å². The maximum atomic E-state index is 9.09. The van der Waals surface area contributed by atoms with Crippen molar-refractivity contribution in [3.05, 3.63) is 17.7 Å². The topological polar surface area (TPSA) is 71.3 Å². The molecule has 2 N–H and O–H groups in total. The van der Waals surface area contributed by atoms with Crippen LogP contribution in [0.5, 0.6) is 5.75 Å². The van der Waals surface area contributed by atoms with Gasteiger partial charge in [-0.25, -0.2) is 0 Å². The zero-order chi connectivity index (χ0) is 12.3. The van der Waals surface area contributed by atoms with Crippen LogP contribution in [0.4, 0.5) is 11.4 Å². The van der Waals surface area contributed by atoms with E-state index < -0.39 is 0 Å². The van der Waals surface area contributed by atoms with Crippen molar-refractivity contribution in [2.75, 3.05) is 32.6 Å². The first-order chi connectivity index (χ1) is 8.27. The van der Waals surface area contributed by atoms with E-state index in [9.17, 15) is 0 Å². The Labute approximate surface area is 99.7 Å². The Morgan fingerprint density at radius 2 is 2.35 bits per heavy atom. The summed E-state index contributed by atoms with van der Waals surface area (Å²) in [5, 5.41) is 9.09. The highest BCUT2D eigenvalue weighted by Gasteiger charge is 2.22. The Morgan fingerprint density at radius 3 is 2.94 bits per heavy atom. The molecular formula is C12H14N3O2+. The monoisotopic (exact) mass is 232 g/mol. The van der Waals surface area contributed by atoms with Crippen molar-refractivity contribution in [1.29, 1.82) is 5.26 Å². The number of hydrogen-bond acceptors (Lipinski definition) is 4. The van der Waals surface area contributed by atoms with Gasteiger partial charge in [0, 0.05) is 6.07 Å². The van der Waals surface area contributed by atoms with E-state index >= 15 is 0 Å². The standard InChI is InChI=1S/C12H14N3O2/c1-16-12-9(8-13)10(14)2-3-11(12)15-4-6-17-7-5-15/h2-4H,5-7,14H2,1H3/q+1. The summed E-state index contributed by atoms with van der Waals surface area (Å²) in [6.45, 7) is 1.96. The normalized spacial score (nSPS) is 14.9. The van der Waals surface area contributed by atoms with Crippen LogP contribution in [0, 0.1) is 11.3 Å². The van der Waals surface area contributed by atoms with Crippen molar-refractivity contribution >= 4 is 17.6 Å². The maximum absolute atomic E-state index is 9.09. The molecule has 5 heteroatoms. The number of nitrogens with two attached hydrogens (primary N) is 1. The van der Waals surface area contributed by atoms with Crippen LogP contribution < -0.4 is 10.5 Å². The molecule has 88 valence electrons. The second kappa shape index (κ2) is 4.85. The second-order valence-corrected chi connectivity index (χ2v) is 3.64. The molecule has 0 amide bonds. The Balaban J connectivity index is 2.54. The van der Waals surface area contributed by atoms with Gasteiger partial charge in [-0.2, -0.15) is 9.84 Å². The van der Waals surface area contributed by atoms with Gasteiger partial charge in [-0.3, -0.25) is 0 Å². The fourth-order valence-electron chi connectivity index (χ4n) is 1.83. The summed E-state index contributed by atoms with van der Waals surface area (Å²) in [7, 11) is 1.54. The maximum Gasteiger partial charge on any atom is 0.249 e. The lowest BCUT2D eigenvalue weighted by Crippen LogP contribution is -2.23. The van der Waals surface area contributed by atoms with Crippen molar-refractivity contribution in [2.45, 2.75) is 0 Å². The molecule has 0 saturated heterocycles. The molecule has 1 aromatic carbocycles. The number of nitrogen functional groups attached to an aromatic ring is 1. The van der Waals surface area contributed by atoms with Crippen LogP contribution in [-0.2, 0) is 4.74 Å². The van der Waals surface area contributed by atoms with Gasteiger partial charge in [0.05, 0.1) is 12.8 Å². The van der Waals surface area contributed by atoms with Crippen LogP contribution in [0.1, 0.15) is 5.56 Å². The number of anilines is 1. The molecule has 1 aromatic rings. The van der Waals surface area contributed by atoms with Gasteiger partial charge in [-0.05, 0) is 6.07 Å². The molecule has 0 atom stereocenters. The predicted molar refractivity (Wildman–Crippen MR) is 63.8 cm³/mol. The largest absolute Gasteiger partial charge is 0.489 e. The van der Waals surface area contributed by atoms with Crippen LogP contribution in [0.2, 0.25) is 0 Å². The van der Waals surface area contributed by atoms with Crippen molar-refractivity contribution in [2.24, 2.45) is 0 Å². The minimum absolute atomic E-state index is 0.380. The molecule has 0 aromatic heterocycles. The lowest BCUT2D eigenvalue weighted by molar-refractivity contribution is -0.450. The first-order valence-electron chi connectivity index (χ1n) is 5.32. The summed E-state index contributed by atoms with van der Waals surface area (Å²) in [6, 6.07) is 5.65. The number of ether oxygens (including phenoxy) is 2. The van der Waals surface area contributed by atoms with E-state index in [1.807, 2.05) is 16.9 Å². The number of nitrogens with zero attached hydrogens (tertiary/aromatic N) is 2. The summed E-state index contributed by atoms with van der Waals surface area (Å²) in [4.78, 5) is 0. The Bertz CT molecular complexity index is 503. The Kier molecular flexibility index (Phi) is 3.26. The molecule has 0 radical (unpaired) electrons.